The van der Waals surface area contributed by atoms with E-state index >= 15 is 0 Å². The number of rotatable bonds is 1. The van der Waals surface area contributed by atoms with Crippen LogP contribution in [0.2, 0.25) is 0 Å². The van der Waals surface area contributed by atoms with Crippen molar-refractivity contribution in [3.05, 3.63) is 28.8 Å². The molecule has 1 atom stereocenters. The maximum Gasteiger partial charge on any atom is 0.178 e. The average molecular weight is 252 g/mol. The maximum atomic E-state index is 13.2. The number of halogens is 1. The molecule has 3 rings (SSSR count). The van der Waals surface area contributed by atoms with E-state index in [1.807, 2.05) is 4.57 Å². The van der Waals surface area contributed by atoms with Crippen LogP contribution in [-0.4, -0.2) is 22.8 Å². The van der Waals surface area contributed by atoms with E-state index in [9.17, 15) is 4.39 Å². The Kier molecular flexibility index (Phi) is 2.34. The Labute approximate surface area is 103 Å². The number of fused-ring (bicyclic) bond motifs is 1. The van der Waals surface area contributed by atoms with Gasteiger partial charge in [-0.1, -0.05) is 0 Å². The Bertz CT molecular complexity index is 625. The molecule has 2 heterocycles. The minimum absolute atomic E-state index is 0.132. The molecule has 1 saturated heterocycles. The molecule has 1 aliphatic rings. The Morgan fingerprint density at radius 3 is 3.06 bits per heavy atom. The van der Waals surface area contributed by atoms with E-state index in [0.29, 0.717) is 11.4 Å². The van der Waals surface area contributed by atoms with Crippen molar-refractivity contribution in [1.82, 2.24) is 9.55 Å². The molecular formula is C12H13FN2OS. The molecule has 1 N–H and O–H groups in total. The molecule has 1 aromatic heterocycles. The van der Waals surface area contributed by atoms with Crippen LogP contribution >= 0.6 is 12.2 Å². The molecule has 1 aromatic carbocycles. The number of aromatic amines is 1. The van der Waals surface area contributed by atoms with Gasteiger partial charge < -0.3 is 14.3 Å². The van der Waals surface area contributed by atoms with E-state index in [-0.39, 0.29) is 11.4 Å². The van der Waals surface area contributed by atoms with Gasteiger partial charge in [0.1, 0.15) is 5.82 Å². The summed E-state index contributed by atoms with van der Waals surface area (Å²) in [6, 6.07) is 4.70. The van der Waals surface area contributed by atoms with E-state index in [4.69, 9.17) is 17.0 Å². The predicted molar refractivity (Wildman–Crippen MR) is 66.2 cm³/mol. The van der Waals surface area contributed by atoms with Crippen LogP contribution in [-0.2, 0) is 10.3 Å². The first-order valence-electron chi connectivity index (χ1n) is 5.59. The smallest absolute Gasteiger partial charge is 0.178 e. The molecule has 1 aliphatic heterocycles. The molecule has 0 bridgehead atoms. The second-order valence-corrected chi connectivity index (χ2v) is 5.11. The van der Waals surface area contributed by atoms with Crippen molar-refractivity contribution in [2.45, 2.75) is 18.9 Å². The number of benzene rings is 1. The molecule has 0 saturated carbocycles. The van der Waals surface area contributed by atoms with E-state index in [1.165, 1.54) is 12.1 Å². The zero-order chi connectivity index (χ0) is 12.0. The number of ether oxygens (including phenoxy) is 1. The lowest BCUT2D eigenvalue weighted by Gasteiger charge is -2.24. The van der Waals surface area contributed by atoms with Crippen LogP contribution in [0.15, 0.2) is 18.2 Å². The summed E-state index contributed by atoms with van der Waals surface area (Å²) in [5.41, 5.74) is 1.54. The predicted octanol–water partition coefficient (Wildman–Crippen LogP) is 2.97. The number of hydrogen-bond acceptors (Lipinski definition) is 2. The summed E-state index contributed by atoms with van der Waals surface area (Å²) in [5, 5.41) is 0. The van der Waals surface area contributed by atoms with Crippen molar-refractivity contribution in [3.8, 4) is 0 Å². The van der Waals surface area contributed by atoms with Gasteiger partial charge in [-0.2, -0.15) is 0 Å². The maximum absolute atomic E-state index is 13.2. The molecule has 0 spiro atoms. The highest BCUT2D eigenvalue weighted by molar-refractivity contribution is 7.71. The largest absolute Gasteiger partial charge is 0.379 e. The summed E-state index contributed by atoms with van der Waals surface area (Å²) in [7, 11) is 0. The van der Waals surface area contributed by atoms with Crippen molar-refractivity contribution in [2.75, 3.05) is 13.2 Å². The second-order valence-electron chi connectivity index (χ2n) is 4.73. The third kappa shape index (κ3) is 1.61. The standard InChI is InChI=1S/C12H13FN2OS/c1-12(4-5-16-7-12)15-10-3-2-8(13)6-9(10)14-11(15)17/h2-3,6H,4-5,7H2,1H3,(H,14,17). The molecule has 0 radical (unpaired) electrons. The van der Waals surface area contributed by atoms with Crippen molar-refractivity contribution < 1.29 is 9.13 Å². The second kappa shape index (κ2) is 3.65. The van der Waals surface area contributed by atoms with Crippen molar-refractivity contribution >= 4 is 23.3 Å². The average Bonchev–Trinajstić information content (AvgIpc) is 2.81. The lowest BCUT2D eigenvalue weighted by atomic mass is 10.0. The fourth-order valence-electron chi connectivity index (χ4n) is 2.45. The van der Waals surface area contributed by atoms with Gasteiger partial charge in [-0.25, -0.2) is 4.39 Å². The molecule has 3 nitrogen and oxygen atoms in total. The molecule has 1 unspecified atom stereocenters. The van der Waals surface area contributed by atoms with Gasteiger partial charge in [0.05, 0.1) is 23.2 Å². The van der Waals surface area contributed by atoms with Crippen LogP contribution in [0.3, 0.4) is 0 Å². The SMILES string of the molecule is CC1(n2c(=S)[nH]c3cc(F)ccc32)CCOC1. The van der Waals surface area contributed by atoms with Crippen molar-refractivity contribution in [1.29, 1.82) is 0 Å². The van der Waals surface area contributed by atoms with E-state index in [0.717, 1.165) is 24.1 Å². The summed E-state index contributed by atoms with van der Waals surface area (Å²) >= 11 is 5.33. The summed E-state index contributed by atoms with van der Waals surface area (Å²) in [5.74, 6) is -0.256. The molecule has 90 valence electrons. The third-order valence-electron chi connectivity index (χ3n) is 3.38. The van der Waals surface area contributed by atoms with Crippen LogP contribution < -0.4 is 0 Å². The van der Waals surface area contributed by atoms with Gasteiger partial charge in [-0.3, -0.25) is 0 Å². The topological polar surface area (TPSA) is 29.9 Å². The minimum atomic E-state index is -0.256. The van der Waals surface area contributed by atoms with Crippen LogP contribution in [0.1, 0.15) is 13.3 Å². The lowest BCUT2D eigenvalue weighted by Crippen LogP contribution is -2.30. The monoisotopic (exact) mass is 252 g/mol. The number of aromatic nitrogens is 2. The van der Waals surface area contributed by atoms with Gasteiger partial charge in [0, 0.05) is 6.61 Å². The third-order valence-corrected chi connectivity index (χ3v) is 3.67. The van der Waals surface area contributed by atoms with Gasteiger partial charge in [-0.05, 0) is 43.8 Å². The highest BCUT2D eigenvalue weighted by Gasteiger charge is 2.33. The molecular weight excluding hydrogens is 239 g/mol. The minimum Gasteiger partial charge on any atom is -0.379 e. The molecule has 1 fully saturated rings. The summed E-state index contributed by atoms with van der Waals surface area (Å²) in [4.78, 5) is 3.05. The van der Waals surface area contributed by atoms with Crippen LogP contribution in [0.4, 0.5) is 4.39 Å². The van der Waals surface area contributed by atoms with E-state index in [2.05, 4.69) is 11.9 Å². The summed E-state index contributed by atoms with van der Waals surface area (Å²) < 4.78 is 21.3. The number of hydrogen-bond donors (Lipinski definition) is 1. The Morgan fingerprint density at radius 2 is 2.35 bits per heavy atom. The Hall–Kier alpha value is -1.20. The molecule has 17 heavy (non-hydrogen) atoms. The first-order chi connectivity index (χ1) is 8.10. The van der Waals surface area contributed by atoms with Crippen LogP contribution in [0.5, 0.6) is 0 Å². The fourth-order valence-corrected chi connectivity index (χ4v) is 2.88. The van der Waals surface area contributed by atoms with Crippen LogP contribution in [0.25, 0.3) is 11.0 Å². The van der Waals surface area contributed by atoms with Gasteiger partial charge in [0.15, 0.2) is 4.77 Å². The van der Waals surface area contributed by atoms with Crippen LogP contribution in [0, 0.1) is 10.6 Å². The number of nitrogens with zero attached hydrogens (tertiary/aromatic N) is 1. The molecule has 2 aromatic rings. The first kappa shape index (κ1) is 10.9. The van der Waals surface area contributed by atoms with Crippen molar-refractivity contribution in [3.63, 3.8) is 0 Å². The zero-order valence-electron chi connectivity index (χ0n) is 9.50. The highest BCUT2D eigenvalue weighted by Crippen LogP contribution is 2.31. The Morgan fingerprint density at radius 1 is 1.53 bits per heavy atom. The van der Waals surface area contributed by atoms with Gasteiger partial charge in [0.2, 0.25) is 0 Å². The van der Waals surface area contributed by atoms with Gasteiger partial charge in [0.25, 0.3) is 0 Å². The molecule has 0 aliphatic carbocycles. The summed E-state index contributed by atoms with van der Waals surface area (Å²) in [6.45, 7) is 3.50. The van der Waals surface area contributed by atoms with Gasteiger partial charge in [-0.15, -0.1) is 0 Å². The highest BCUT2D eigenvalue weighted by atomic mass is 32.1. The van der Waals surface area contributed by atoms with Crippen molar-refractivity contribution in [2.24, 2.45) is 0 Å². The molecule has 0 amide bonds. The lowest BCUT2D eigenvalue weighted by molar-refractivity contribution is 0.162. The van der Waals surface area contributed by atoms with Gasteiger partial charge >= 0.3 is 0 Å². The molecule has 5 heteroatoms. The number of nitrogens with one attached hydrogen (secondary N) is 1. The van der Waals surface area contributed by atoms with E-state index in [1.54, 1.807) is 6.07 Å². The normalized spacial score (nSPS) is 24.6. The fraction of sp³-hybridized carbons (Fsp3) is 0.417. The zero-order valence-corrected chi connectivity index (χ0v) is 10.3. The summed E-state index contributed by atoms with van der Waals surface area (Å²) in [6.07, 6.45) is 0.922. The number of imidazole rings is 1. The Balaban J connectivity index is 2.29. The van der Waals surface area contributed by atoms with E-state index < -0.39 is 0 Å². The quantitative estimate of drug-likeness (QED) is 0.791. The number of H-pyrrole nitrogens is 1. The first-order valence-corrected chi connectivity index (χ1v) is 5.99.